The largest absolute Gasteiger partial charge is 0.423 e. The van der Waals surface area contributed by atoms with E-state index in [4.69, 9.17) is 4.74 Å². The molecule has 0 aliphatic rings. The number of amides is 1. The lowest BCUT2D eigenvalue weighted by Gasteiger charge is -2.10. The molecule has 30 heavy (non-hydrogen) atoms. The minimum absolute atomic E-state index is 0.0918. The zero-order valence-corrected chi connectivity index (χ0v) is 16.3. The molecule has 150 valence electrons. The highest BCUT2D eigenvalue weighted by molar-refractivity contribution is 5.88. The Morgan fingerprint density at radius 2 is 1.73 bits per heavy atom. The standard InChI is InChI=1S/C22H20N6O2/c1-16(29)24-19-12-10-18(11-13-19)23-15-17-6-5-9-21(14-17)30-22-25-26-27-28(22)20-7-3-2-4-8-20/h2-14,23H,15H2,1H3,(H,24,29). The molecular formula is C22H20N6O2. The first-order chi connectivity index (χ1) is 14.7. The maximum atomic E-state index is 11.1. The van der Waals surface area contributed by atoms with Gasteiger partial charge in [0.15, 0.2) is 0 Å². The van der Waals surface area contributed by atoms with Crippen LogP contribution >= 0.6 is 0 Å². The number of aromatic nitrogens is 4. The zero-order valence-electron chi connectivity index (χ0n) is 16.3. The summed E-state index contributed by atoms with van der Waals surface area (Å²) < 4.78 is 7.45. The molecule has 8 heteroatoms. The minimum atomic E-state index is -0.0918. The Hall–Kier alpha value is -4.20. The quantitative estimate of drug-likeness (QED) is 0.487. The van der Waals surface area contributed by atoms with Gasteiger partial charge in [-0.15, -0.1) is 0 Å². The third-order valence-electron chi connectivity index (χ3n) is 4.25. The third kappa shape index (κ3) is 4.79. The Balaban J connectivity index is 1.41. The molecule has 0 atom stereocenters. The normalized spacial score (nSPS) is 10.4. The Kier molecular flexibility index (Phi) is 5.66. The number of rotatable bonds is 7. The van der Waals surface area contributed by atoms with Crippen molar-refractivity contribution in [3.8, 4) is 17.4 Å². The van der Waals surface area contributed by atoms with Gasteiger partial charge >= 0.3 is 6.01 Å². The van der Waals surface area contributed by atoms with Gasteiger partial charge in [0.1, 0.15) is 5.75 Å². The fourth-order valence-corrected chi connectivity index (χ4v) is 2.88. The molecule has 4 aromatic rings. The van der Waals surface area contributed by atoms with Crippen LogP contribution in [0.4, 0.5) is 11.4 Å². The first-order valence-corrected chi connectivity index (χ1v) is 9.39. The van der Waals surface area contributed by atoms with Gasteiger partial charge in [0.2, 0.25) is 5.91 Å². The van der Waals surface area contributed by atoms with Crippen LogP contribution in [0.1, 0.15) is 12.5 Å². The van der Waals surface area contributed by atoms with Crippen LogP contribution in [0.3, 0.4) is 0 Å². The Morgan fingerprint density at radius 1 is 0.967 bits per heavy atom. The number of tetrazole rings is 1. The molecule has 0 spiro atoms. The van der Waals surface area contributed by atoms with Crippen molar-refractivity contribution in [2.75, 3.05) is 10.6 Å². The van der Waals surface area contributed by atoms with E-state index in [1.807, 2.05) is 78.9 Å². The maximum absolute atomic E-state index is 11.1. The number of nitrogens with one attached hydrogen (secondary N) is 2. The monoisotopic (exact) mass is 400 g/mol. The molecular weight excluding hydrogens is 380 g/mol. The summed E-state index contributed by atoms with van der Waals surface area (Å²) in [5, 5.41) is 17.8. The molecule has 0 radical (unpaired) electrons. The molecule has 3 aromatic carbocycles. The van der Waals surface area contributed by atoms with E-state index < -0.39 is 0 Å². The van der Waals surface area contributed by atoms with E-state index in [0.29, 0.717) is 18.3 Å². The third-order valence-corrected chi connectivity index (χ3v) is 4.25. The van der Waals surface area contributed by atoms with Crippen molar-refractivity contribution in [1.29, 1.82) is 0 Å². The molecule has 0 saturated heterocycles. The number of hydrogen-bond donors (Lipinski definition) is 2. The number of nitrogens with zero attached hydrogens (tertiary/aromatic N) is 4. The lowest BCUT2D eigenvalue weighted by Crippen LogP contribution is -2.05. The smallest absolute Gasteiger partial charge is 0.345 e. The number of carbonyl (C=O) groups excluding carboxylic acids is 1. The molecule has 2 N–H and O–H groups in total. The van der Waals surface area contributed by atoms with Crippen molar-refractivity contribution in [2.24, 2.45) is 0 Å². The average Bonchev–Trinajstić information content (AvgIpc) is 3.22. The Labute approximate surface area is 173 Å². The van der Waals surface area contributed by atoms with Crippen molar-refractivity contribution < 1.29 is 9.53 Å². The van der Waals surface area contributed by atoms with Gasteiger partial charge in [-0.2, -0.15) is 4.68 Å². The van der Waals surface area contributed by atoms with Crippen LogP contribution in [0.15, 0.2) is 78.9 Å². The number of carbonyl (C=O) groups is 1. The van der Waals surface area contributed by atoms with Crippen molar-refractivity contribution >= 4 is 17.3 Å². The number of hydrogen-bond acceptors (Lipinski definition) is 6. The molecule has 0 aliphatic heterocycles. The van der Waals surface area contributed by atoms with Crippen LogP contribution in [0.2, 0.25) is 0 Å². The second kappa shape index (κ2) is 8.87. The summed E-state index contributed by atoms with van der Waals surface area (Å²) >= 11 is 0. The summed E-state index contributed by atoms with van der Waals surface area (Å²) in [7, 11) is 0. The lowest BCUT2D eigenvalue weighted by atomic mass is 10.2. The van der Waals surface area contributed by atoms with E-state index in [1.165, 1.54) is 6.92 Å². The van der Waals surface area contributed by atoms with Crippen LogP contribution in [-0.4, -0.2) is 26.1 Å². The molecule has 1 aromatic heterocycles. The number of benzene rings is 3. The molecule has 0 saturated carbocycles. The molecule has 1 heterocycles. The highest BCUT2D eigenvalue weighted by atomic mass is 16.5. The van der Waals surface area contributed by atoms with Crippen LogP contribution < -0.4 is 15.4 Å². The van der Waals surface area contributed by atoms with Crippen molar-refractivity contribution in [3.63, 3.8) is 0 Å². The summed E-state index contributed by atoms with van der Waals surface area (Å²) in [6.07, 6.45) is 0. The summed E-state index contributed by atoms with van der Waals surface area (Å²) in [5.41, 5.74) is 3.57. The topological polar surface area (TPSA) is 94.0 Å². The van der Waals surface area contributed by atoms with E-state index in [9.17, 15) is 4.79 Å². The molecule has 0 bridgehead atoms. The summed E-state index contributed by atoms with van der Waals surface area (Å²) in [6, 6.07) is 25.1. The average molecular weight is 400 g/mol. The van der Waals surface area contributed by atoms with Crippen LogP contribution in [0.25, 0.3) is 5.69 Å². The summed E-state index contributed by atoms with van der Waals surface area (Å²) in [6.45, 7) is 2.10. The predicted octanol–water partition coefficient (Wildman–Crippen LogP) is 4.03. The van der Waals surface area contributed by atoms with E-state index in [1.54, 1.807) is 4.68 Å². The number of ether oxygens (including phenoxy) is 1. The van der Waals surface area contributed by atoms with Gasteiger partial charge in [0.25, 0.3) is 0 Å². The second-order valence-corrected chi connectivity index (χ2v) is 6.57. The molecule has 0 unspecified atom stereocenters. The lowest BCUT2D eigenvalue weighted by molar-refractivity contribution is -0.114. The fraction of sp³-hybridized carbons (Fsp3) is 0.0909. The predicted molar refractivity (Wildman–Crippen MR) is 114 cm³/mol. The van der Waals surface area contributed by atoms with E-state index in [-0.39, 0.29) is 5.91 Å². The highest BCUT2D eigenvalue weighted by Crippen LogP contribution is 2.23. The fourth-order valence-electron chi connectivity index (χ4n) is 2.88. The van der Waals surface area contributed by atoms with Crippen LogP contribution in [0.5, 0.6) is 11.8 Å². The van der Waals surface area contributed by atoms with Crippen molar-refractivity contribution in [2.45, 2.75) is 13.5 Å². The van der Waals surface area contributed by atoms with Crippen molar-refractivity contribution in [3.05, 3.63) is 84.4 Å². The van der Waals surface area contributed by atoms with Gasteiger partial charge in [-0.1, -0.05) is 35.4 Å². The molecule has 0 aliphatic carbocycles. The first kappa shape index (κ1) is 19.1. The molecule has 1 amide bonds. The van der Waals surface area contributed by atoms with Gasteiger partial charge in [0.05, 0.1) is 5.69 Å². The number of para-hydroxylation sites is 1. The van der Waals surface area contributed by atoms with E-state index >= 15 is 0 Å². The summed E-state index contributed by atoms with van der Waals surface area (Å²) in [5.74, 6) is 0.549. The Bertz CT molecular complexity index is 1130. The molecule has 4 rings (SSSR count). The van der Waals surface area contributed by atoms with Crippen LogP contribution in [-0.2, 0) is 11.3 Å². The Morgan fingerprint density at radius 3 is 2.50 bits per heavy atom. The minimum Gasteiger partial charge on any atom is -0.423 e. The van der Waals surface area contributed by atoms with Gasteiger partial charge < -0.3 is 15.4 Å². The van der Waals surface area contributed by atoms with Crippen LogP contribution in [0, 0.1) is 0 Å². The maximum Gasteiger partial charge on any atom is 0.345 e. The SMILES string of the molecule is CC(=O)Nc1ccc(NCc2cccc(Oc3nnnn3-c3ccccc3)c2)cc1. The van der Waals surface area contributed by atoms with E-state index in [0.717, 1.165) is 22.6 Å². The van der Waals surface area contributed by atoms with Gasteiger partial charge in [-0.05, 0) is 64.5 Å². The molecule has 8 nitrogen and oxygen atoms in total. The summed E-state index contributed by atoms with van der Waals surface area (Å²) in [4.78, 5) is 11.1. The van der Waals surface area contributed by atoms with Crippen molar-refractivity contribution in [1.82, 2.24) is 20.2 Å². The van der Waals surface area contributed by atoms with E-state index in [2.05, 4.69) is 26.2 Å². The van der Waals surface area contributed by atoms with Gasteiger partial charge in [-0.25, -0.2) is 0 Å². The first-order valence-electron chi connectivity index (χ1n) is 9.39. The second-order valence-electron chi connectivity index (χ2n) is 6.57. The zero-order chi connectivity index (χ0) is 20.8. The number of anilines is 2. The highest BCUT2D eigenvalue weighted by Gasteiger charge is 2.10. The van der Waals surface area contributed by atoms with Gasteiger partial charge in [-0.3, -0.25) is 4.79 Å². The van der Waals surface area contributed by atoms with Gasteiger partial charge in [0, 0.05) is 24.8 Å². The molecule has 0 fully saturated rings.